The molecule has 1 heterocycles. The fraction of sp³-hybridized carbons (Fsp3) is 0.0179. The zero-order chi connectivity index (χ0) is 39.3. The molecule has 0 amide bonds. The minimum atomic E-state index is -0.584. The first-order chi connectivity index (χ1) is 29.2. The lowest BCUT2D eigenvalue weighted by molar-refractivity contribution is 0.768. The maximum atomic E-state index is 10.5. The van der Waals surface area contributed by atoms with Crippen LogP contribution in [0, 0.1) is 11.3 Å². The van der Waals surface area contributed by atoms with Gasteiger partial charge in [-0.15, -0.1) is 0 Å². The molecule has 0 saturated carbocycles. The van der Waals surface area contributed by atoms with Crippen LogP contribution in [-0.4, -0.2) is 9.97 Å². The van der Waals surface area contributed by atoms with Gasteiger partial charge in [-0.3, -0.25) is 0 Å². The highest BCUT2D eigenvalue weighted by atomic mass is 14.9. The van der Waals surface area contributed by atoms with Gasteiger partial charge in [0.15, 0.2) is 5.82 Å². The molecule has 0 unspecified atom stereocenters. The van der Waals surface area contributed by atoms with Crippen molar-refractivity contribution in [2.75, 3.05) is 0 Å². The van der Waals surface area contributed by atoms with Gasteiger partial charge in [0, 0.05) is 22.3 Å². The van der Waals surface area contributed by atoms with Crippen LogP contribution >= 0.6 is 0 Å². The molecule has 0 atom stereocenters. The van der Waals surface area contributed by atoms with Crippen LogP contribution in [0.5, 0.6) is 0 Å². The second-order valence-electron chi connectivity index (χ2n) is 15.2. The van der Waals surface area contributed by atoms with Gasteiger partial charge in [0.2, 0.25) is 0 Å². The van der Waals surface area contributed by atoms with E-state index in [2.05, 4.69) is 206 Å². The standard InChI is InChI=1S/C56H35N3/c57-36-46-19-12-24-51-54(46)49-34-42(29-30-50(49)56(51,47-20-3-1-4-21-47)48-22-5-2-6-23-48)41-17-11-18-43(32-41)52-35-53(44-27-25-37-13-7-9-15-39(37)31-44)59-55(58-52)45-28-26-38-14-8-10-16-40(38)33-45/h1-35H. The van der Waals surface area contributed by atoms with Gasteiger partial charge in [0.1, 0.15) is 0 Å². The van der Waals surface area contributed by atoms with Crippen LogP contribution < -0.4 is 0 Å². The summed E-state index contributed by atoms with van der Waals surface area (Å²) in [4.78, 5) is 10.4. The Kier molecular flexibility index (Phi) is 8.10. The number of nitrogens with zero attached hydrogens (tertiary/aromatic N) is 3. The molecule has 0 saturated heterocycles. The molecule has 0 fully saturated rings. The third kappa shape index (κ3) is 5.65. The van der Waals surface area contributed by atoms with E-state index < -0.39 is 5.41 Å². The molecule has 0 N–H and O–H groups in total. The van der Waals surface area contributed by atoms with Crippen LogP contribution in [-0.2, 0) is 5.41 Å². The topological polar surface area (TPSA) is 49.6 Å². The Balaban J connectivity index is 1.08. The van der Waals surface area contributed by atoms with Crippen LogP contribution in [0.2, 0.25) is 0 Å². The van der Waals surface area contributed by atoms with Gasteiger partial charge in [-0.1, -0.05) is 176 Å². The van der Waals surface area contributed by atoms with E-state index in [1.54, 1.807) is 0 Å². The predicted molar refractivity (Wildman–Crippen MR) is 241 cm³/mol. The van der Waals surface area contributed by atoms with Gasteiger partial charge in [-0.2, -0.15) is 5.26 Å². The van der Waals surface area contributed by atoms with Crippen molar-refractivity contribution in [3.63, 3.8) is 0 Å². The lowest BCUT2D eigenvalue weighted by Gasteiger charge is -2.34. The lowest BCUT2D eigenvalue weighted by atomic mass is 9.67. The van der Waals surface area contributed by atoms with Gasteiger partial charge in [0.25, 0.3) is 0 Å². The molecule has 59 heavy (non-hydrogen) atoms. The monoisotopic (exact) mass is 749 g/mol. The van der Waals surface area contributed by atoms with Crippen molar-refractivity contribution < 1.29 is 0 Å². The van der Waals surface area contributed by atoms with E-state index in [4.69, 9.17) is 9.97 Å². The summed E-state index contributed by atoms with van der Waals surface area (Å²) >= 11 is 0. The van der Waals surface area contributed by atoms with Gasteiger partial charge < -0.3 is 0 Å². The normalized spacial score (nSPS) is 12.5. The fourth-order valence-electron chi connectivity index (χ4n) is 9.22. The number of benzene rings is 9. The highest BCUT2D eigenvalue weighted by Gasteiger charge is 2.47. The molecule has 274 valence electrons. The Morgan fingerprint density at radius 3 is 1.56 bits per heavy atom. The van der Waals surface area contributed by atoms with Crippen molar-refractivity contribution in [2.45, 2.75) is 5.41 Å². The van der Waals surface area contributed by atoms with Crippen LogP contribution in [0.3, 0.4) is 0 Å². The molecule has 1 aromatic heterocycles. The number of hydrogen-bond donors (Lipinski definition) is 0. The van der Waals surface area contributed by atoms with Crippen LogP contribution in [0.15, 0.2) is 212 Å². The SMILES string of the molecule is N#Cc1cccc2c1-c1cc(-c3cccc(-c4cc(-c5ccc6ccccc6c5)nc(-c5ccc6ccccc6c5)n4)c3)ccc1C2(c1ccccc1)c1ccccc1. The Morgan fingerprint density at radius 1 is 0.373 bits per heavy atom. The fourth-order valence-corrected chi connectivity index (χ4v) is 9.22. The van der Waals surface area contributed by atoms with E-state index in [-0.39, 0.29) is 0 Å². The highest BCUT2D eigenvalue weighted by Crippen LogP contribution is 2.57. The van der Waals surface area contributed by atoms with E-state index >= 15 is 0 Å². The van der Waals surface area contributed by atoms with Gasteiger partial charge >= 0.3 is 0 Å². The molecule has 9 aromatic carbocycles. The van der Waals surface area contributed by atoms with Crippen molar-refractivity contribution in [3.8, 4) is 62.2 Å². The Hall–Kier alpha value is -7.93. The summed E-state index contributed by atoms with van der Waals surface area (Å²) in [6, 6.07) is 77.4. The predicted octanol–water partition coefficient (Wildman–Crippen LogP) is 13.7. The summed E-state index contributed by atoms with van der Waals surface area (Å²) in [5.74, 6) is 0.679. The quantitative estimate of drug-likeness (QED) is 0.170. The minimum Gasteiger partial charge on any atom is -0.228 e. The smallest absolute Gasteiger partial charge is 0.160 e. The first-order valence-electron chi connectivity index (χ1n) is 20.0. The van der Waals surface area contributed by atoms with E-state index in [0.29, 0.717) is 11.4 Å². The van der Waals surface area contributed by atoms with Crippen molar-refractivity contribution in [2.24, 2.45) is 0 Å². The first-order valence-corrected chi connectivity index (χ1v) is 20.0. The molecule has 3 nitrogen and oxygen atoms in total. The van der Waals surface area contributed by atoms with Gasteiger partial charge in [-0.05, 0) is 96.9 Å². The van der Waals surface area contributed by atoms with Crippen molar-refractivity contribution in [3.05, 3.63) is 240 Å². The van der Waals surface area contributed by atoms with E-state index in [0.717, 1.165) is 61.3 Å². The van der Waals surface area contributed by atoms with E-state index in [9.17, 15) is 5.26 Å². The lowest BCUT2D eigenvalue weighted by Crippen LogP contribution is -2.28. The van der Waals surface area contributed by atoms with E-state index in [1.807, 2.05) is 12.1 Å². The minimum absolute atomic E-state index is 0.584. The summed E-state index contributed by atoms with van der Waals surface area (Å²) in [5.41, 5.74) is 13.6. The van der Waals surface area contributed by atoms with Crippen LogP contribution in [0.25, 0.3) is 77.7 Å². The number of rotatable bonds is 6. The summed E-state index contributed by atoms with van der Waals surface area (Å²) in [6.45, 7) is 0. The molecule has 0 bridgehead atoms. The highest BCUT2D eigenvalue weighted by molar-refractivity contribution is 5.93. The molecule has 0 radical (unpaired) electrons. The van der Waals surface area contributed by atoms with Crippen LogP contribution in [0.4, 0.5) is 0 Å². The van der Waals surface area contributed by atoms with Crippen molar-refractivity contribution >= 4 is 21.5 Å². The average Bonchev–Trinajstić information content (AvgIpc) is 3.62. The van der Waals surface area contributed by atoms with E-state index in [1.165, 1.54) is 32.8 Å². The molecule has 3 heteroatoms. The molecule has 0 spiro atoms. The Morgan fingerprint density at radius 2 is 0.898 bits per heavy atom. The third-order valence-corrected chi connectivity index (χ3v) is 12.0. The molecular formula is C56H35N3. The molecular weight excluding hydrogens is 715 g/mol. The van der Waals surface area contributed by atoms with Crippen LogP contribution in [0.1, 0.15) is 27.8 Å². The largest absolute Gasteiger partial charge is 0.228 e. The number of hydrogen-bond acceptors (Lipinski definition) is 3. The summed E-state index contributed by atoms with van der Waals surface area (Å²) in [5, 5.41) is 15.2. The summed E-state index contributed by atoms with van der Waals surface area (Å²) in [6.07, 6.45) is 0. The third-order valence-electron chi connectivity index (χ3n) is 12.0. The second-order valence-corrected chi connectivity index (χ2v) is 15.2. The zero-order valence-corrected chi connectivity index (χ0v) is 32.0. The Labute approximate surface area is 343 Å². The van der Waals surface area contributed by atoms with Crippen molar-refractivity contribution in [1.29, 1.82) is 5.26 Å². The first kappa shape index (κ1) is 34.3. The summed E-state index contributed by atoms with van der Waals surface area (Å²) in [7, 11) is 0. The number of aromatic nitrogens is 2. The molecule has 1 aliphatic rings. The summed E-state index contributed by atoms with van der Waals surface area (Å²) < 4.78 is 0. The molecule has 10 aromatic rings. The average molecular weight is 750 g/mol. The maximum absolute atomic E-state index is 10.5. The number of nitriles is 1. The number of fused-ring (bicyclic) bond motifs is 5. The maximum Gasteiger partial charge on any atom is 0.160 e. The molecule has 11 rings (SSSR count). The van der Waals surface area contributed by atoms with Gasteiger partial charge in [-0.25, -0.2) is 9.97 Å². The Bertz CT molecular complexity index is 3150. The molecule has 0 aliphatic heterocycles. The van der Waals surface area contributed by atoms with Crippen molar-refractivity contribution in [1.82, 2.24) is 9.97 Å². The molecule has 1 aliphatic carbocycles. The van der Waals surface area contributed by atoms with Gasteiger partial charge in [0.05, 0.1) is 28.4 Å². The second kappa shape index (κ2) is 13.9. The zero-order valence-electron chi connectivity index (χ0n) is 32.0.